The zero-order chi connectivity index (χ0) is 16.7. The van der Waals surface area contributed by atoms with Gasteiger partial charge in [0.25, 0.3) is 0 Å². The van der Waals surface area contributed by atoms with Crippen molar-refractivity contribution in [2.75, 3.05) is 0 Å². The molecule has 0 aliphatic heterocycles. The summed E-state index contributed by atoms with van der Waals surface area (Å²) < 4.78 is 0. The van der Waals surface area contributed by atoms with E-state index in [9.17, 15) is 0 Å². The van der Waals surface area contributed by atoms with Gasteiger partial charge in [-0.05, 0) is 53.8 Å². The van der Waals surface area contributed by atoms with Gasteiger partial charge in [-0.3, -0.25) is 0 Å². The van der Waals surface area contributed by atoms with Gasteiger partial charge in [0.1, 0.15) is 0 Å². The molecule has 1 nitrogen and oxygen atoms in total. The predicted molar refractivity (Wildman–Crippen MR) is 105 cm³/mol. The molecular weight excluding hydrogens is 393 g/mol. The van der Waals surface area contributed by atoms with Crippen LogP contribution in [0.1, 0.15) is 5.56 Å². The lowest BCUT2D eigenvalue weighted by atomic mass is 9.94. The molecule has 0 fully saturated rings. The highest BCUT2D eigenvalue weighted by molar-refractivity contribution is 7.13. The van der Waals surface area contributed by atoms with Gasteiger partial charge < -0.3 is 12.4 Å². The lowest BCUT2D eigenvalue weighted by Gasteiger charge is -2.15. The molecule has 0 bridgehead atoms. The second-order valence-electron chi connectivity index (χ2n) is 5.58. The van der Waals surface area contributed by atoms with Gasteiger partial charge in [0, 0.05) is 21.0 Å². The van der Waals surface area contributed by atoms with Gasteiger partial charge in [-0.1, -0.05) is 47.5 Å². The number of benzene rings is 2. The molecule has 0 saturated carbocycles. The highest BCUT2D eigenvalue weighted by atomic mass is 35.5. The summed E-state index contributed by atoms with van der Waals surface area (Å²) in [4.78, 5) is 6.03. The third kappa shape index (κ3) is 3.28. The van der Waals surface area contributed by atoms with E-state index >= 15 is 0 Å². The Hall–Kier alpha value is -1.58. The van der Waals surface area contributed by atoms with E-state index in [4.69, 9.17) is 28.2 Å². The van der Waals surface area contributed by atoms with E-state index in [0.717, 1.165) is 43.2 Å². The fraction of sp³-hybridized carbons (Fsp3) is 0.0500. The molecule has 0 radical (unpaired) electrons. The molecule has 0 atom stereocenters. The SMILES string of the molecule is Cc1c(-c2cccs2)nc2ccc(Cl)cc2c1-c1ccccc1Cl.[Cl-]. The fourth-order valence-corrected chi connectivity index (χ4v) is 4.17. The summed E-state index contributed by atoms with van der Waals surface area (Å²) in [6.45, 7) is 2.10. The first-order chi connectivity index (χ1) is 11.6. The largest absolute Gasteiger partial charge is 1.00 e. The van der Waals surface area contributed by atoms with Gasteiger partial charge >= 0.3 is 0 Å². The third-order valence-corrected chi connectivity index (χ3v) is 5.53. The van der Waals surface area contributed by atoms with Crippen LogP contribution in [0.15, 0.2) is 60.0 Å². The smallest absolute Gasteiger partial charge is 0.0844 e. The molecule has 0 aliphatic rings. The zero-order valence-electron chi connectivity index (χ0n) is 13.3. The van der Waals surface area contributed by atoms with Gasteiger partial charge in [-0.2, -0.15) is 0 Å². The molecule has 0 spiro atoms. The van der Waals surface area contributed by atoms with Crippen LogP contribution in [0, 0.1) is 6.92 Å². The fourth-order valence-electron chi connectivity index (χ4n) is 2.99. The van der Waals surface area contributed by atoms with E-state index < -0.39 is 0 Å². The summed E-state index contributed by atoms with van der Waals surface area (Å²) in [6, 6.07) is 17.9. The van der Waals surface area contributed by atoms with Crippen LogP contribution in [0.5, 0.6) is 0 Å². The molecular formula is C20H13Cl3NS-. The maximum atomic E-state index is 6.50. The van der Waals surface area contributed by atoms with Crippen molar-refractivity contribution in [2.45, 2.75) is 6.92 Å². The Bertz CT molecular complexity index is 1040. The summed E-state index contributed by atoms with van der Waals surface area (Å²) in [5.74, 6) is 0. The summed E-state index contributed by atoms with van der Waals surface area (Å²) in [5, 5.41) is 4.51. The van der Waals surface area contributed by atoms with Gasteiger partial charge in [0.2, 0.25) is 0 Å². The Morgan fingerprint density at radius 2 is 1.76 bits per heavy atom. The first kappa shape index (κ1) is 18.2. The van der Waals surface area contributed by atoms with Crippen LogP contribution in [0.25, 0.3) is 32.6 Å². The van der Waals surface area contributed by atoms with Crippen LogP contribution in [0.2, 0.25) is 10.0 Å². The normalized spacial score (nSPS) is 10.7. The van der Waals surface area contributed by atoms with Crippen molar-refractivity contribution in [1.82, 2.24) is 4.98 Å². The molecule has 2 heterocycles. The molecule has 5 heteroatoms. The van der Waals surface area contributed by atoms with Crippen molar-refractivity contribution in [3.63, 3.8) is 0 Å². The van der Waals surface area contributed by atoms with Crippen molar-refractivity contribution in [3.05, 3.63) is 75.6 Å². The third-order valence-electron chi connectivity index (χ3n) is 4.09. The van der Waals surface area contributed by atoms with Crippen LogP contribution in [-0.4, -0.2) is 4.98 Å². The van der Waals surface area contributed by atoms with Gasteiger partial charge in [-0.25, -0.2) is 4.98 Å². The quantitative estimate of drug-likeness (QED) is 0.486. The average Bonchev–Trinajstić information content (AvgIpc) is 3.10. The monoisotopic (exact) mass is 404 g/mol. The number of hydrogen-bond donors (Lipinski definition) is 0. The van der Waals surface area contributed by atoms with Gasteiger partial charge in [0.15, 0.2) is 0 Å². The number of pyridine rings is 1. The number of hydrogen-bond acceptors (Lipinski definition) is 2. The number of thiophene rings is 1. The Labute approximate surface area is 166 Å². The van der Waals surface area contributed by atoms with Crippen molar-refractivity contribution < 1.29 is 12.4 Å². The first-order valence-electron chi connectivity index (χ1n) is 7.54. The number of aromatic nitrogens is 1. The molecule has 25 heavy (non-hydrogen) atoms. The Kier molecular flexibility index (Phi) is 5.35. The Morgan fingerprint density at radius 3 is 2.48 bits per heavy atom. The van der Waals surface area contributed by atoms with E-state index in [2.05, 4.69) is 18.4 Å². The zero-order valence-corrected chi connectivity index (χ0v) is 16.3. The topological polar surface area (TPSA) is 12.9 Å². The van der Waals surface area contributed by atoms with Crippen LogP contribution in [-0.2, 0) is 0 Å². The van der Waals surface area contributed by atoms with Crippen molar-refractivity contribution in [1.29, 1.82) is 0 Å². The molecule has 0 saturated heterocycles. The predicted octanol–water partition coefficient (Wildman–Crippen LogP) is 4.25. The highest BCUT2D eigenvalue weighted by Crippen LogP contribution is 2.40. The Morgan fingerprint density at radius 1 is 0.960 bits per heavy atom. The number of rotatable bonds is 2. The van der Waals surface area contributed by atoms with E-state index in [1.165, 1.54) is 0 Å². The van der Waals surface area contributed by atoms with Crippen LogP contribution in [0.3, 0.4) is 0 Å². The molecule has 0 N–H and O–H groups in total. The van der Waals surface area contributed by atoms with Crippen molar-refractivity contribution in [3.8, 4) is 21.7 Å². The van der Waals surface area contributed by atoms with Crippen LogP contribution >= 0.6 is 34.5 Å². The lowest BCUT2D eigenvalue weighted by molar-refractivity contribution is -0.00000446. The second-order valence-corrected chi connectivity index (χ2v) is 7.37. The molecule has 0 aliphatic carbocycles. The molecule has 0 unspecified atom stereocenters. The van der Waals surface area contributed by atoms with E-state index in [0.29, 0.717) is 5.02 Å². The summed E-state index contributed by atoms with van der Waals surface area (Å²) in [5.41, 5.74) is 5.12. The van der Waals surface area contributed by atoms with E-state index in [1.54, 1.807) is 11.3 Å². The van der Waals surface area contributed by atoms with Crippen molar-refractivity contribution in [2.24, 2.45) is 0 Å². The number of fused-ring (bicyclic) bond motifs is 1. The van der Waals surface area contributed by atoms with Crippen LogP contribution < -0.4 is 12.4 Å². The molecule has 2 aromatic carbocycles. The lowest BCUT2D eigenvalue weighted by Crippen LogP contribution is -3.00. The van der Waals surface area contributed by atoms with Crippen LogP contribution in [0.4, 0.5) is 0 Å². The average molecular weight is 406 g/mol. The second kappa shape index (κ2) is 7.35. The molecule has 126 valence electrons. The minimum atomic E-state index is 0. The summed E-state index contributed by atoms with van der Waals surface area (Å²) >= 11 is 14.4. The number of nitrogens with zero attached hydrogens (tertiary/aromatic N) is 1. The summed E-state index contributed by atoms with van der Waals surface area (Å²) in [6.07, 6.45) is 0. The maximum absolute atomic E-state index is 6.50. The van der Waals surface area contributed by atoms with E-state index in [-0.39, 0.29) is 12.4 Å². The first-order valence-corrected chi connectivity index (χ1v) is 9.17. The minimum Gasteiger partial charge on any atom is -1.00 e. The van der Waals surface area contributed by atoms with Gasteiger partial charge in [0.05, 0.1) is 16.1 Å². The number of halogens is 3. The molecule has 4 rings (SSSR count). The molecule has 0 amide bonds. The summed E-state index contributed by atoms with van der Waals surface area (Å²) in [7, 11) is 0. The highest BCUT2D eigenvalue weighted by Gasteiger charge is 2.17. The standard InChI is InChI=1S/C20H13Cl2NS.ClH/c1-12-19(14-5-2-3-6-16(14)22)15-11-13(21)8-9-17(15)23-20(12)18-7-4-10-24-18;/h2-11H,1H3;1H/p-1. The molecule has 4 aromatic rings. The van der Waals surface area contributed by atoms with E-state index in [1.807, 2.05) is 48.5 Å². The van der Waals surface area contributed by atoms with Gasteiger partial charge in [-0.15, -0.1) is 11.3 Å². The maximum Gasteiger partial charge on any atom is 0.0844 e. The Balaban J connectivity index is 0.00000182. The van der Waals surface area contributed by atoms with Crippen molar-refractivity contribution >= 4 is 45.4 Å². The molecule has 2 aromatic heterocycles. The minimum absolute atomic E-state index is 0.